The monoisotopic (exact) mass is 199 g/mol. The second kappa shape index (κ2) is 3.99. The molecule has 0 saturated carbocycles. The second-order valence-electron chi connectivity index (χ2n) is 2.35. The van der Waals surface area contributed by atoms with E-state index in [1.807, 2.05) is 6.92 Å². The molecule has 0 fully saturated rings. The van der Waals surface area contributed by atoms with Crippen molar-refractivity contribution in [2.45, 2.75) is 13.8 Å². The van der Waals surface area contributed by atoms with E-state index in [-0.39, 0.29) is 0 Å². The number of carbonyl (C=O) groups excluding carboxylic acids is 2. The summed E-state index contributed by atoms with van der Waals surface area (Å²) in [6.45, 7) is 3.63. The number of rotatable bonds is 3. The maximum absolute atomic E-state index is 11.2. The van der Waals surface area contributed by atoms with Gasteiger partial charge in [0.1, 0.15) is 5.69 Å². The largest absolute Gasteiger partial charge is 0.289 e. The Morgan fingerprint density at radius 3 is 2.69 bits per heavy atom. The number of thiazole rings is 1. The molecule has 0 aliphatic carbocycles. The van der Waals surface area contributed by atoms with Crippen LogP contribution in [0.2, 0.25) is 0 Å². The summed E-state index contributed by atoms with van der Waals surface area (Å²) in [6.07, 6.45) is 0.395. The first kappa shape index (κ1) is 9.66. The smallest absolute Gasteiger partial charge is 0.277 e. The van der Waals surface area contributed by atoms with Crippen molar-refractivity contribution in [2.24, 2.45) is 0 Å². The zero-order valence-corrected chi connectivity index (χ0v) is 8.07. The molecule has 2 amide bonds. The molecular weight excluding hydrogens is 190 g/mol. The van der Waals surface area contributed by atoms with Crippen LogP contribution < -0.4 is 10.9 Å². The van der Waals surface area contributed by atoms with Crippen LogP contribution in [0, 0.1) is 13.8 Å². The molecule has 0 atom stereocenters. The van der Waals surface area contributed by atoms with Crippen LogP contribution in [0.25, 0.3) is 0 Å². The molecule has 1 aromatic heterocycles. The van der Waals surface area contributed by atoms with Gasteiger partial charge in [-0.05, 0) is 13.8 Å². The lowest BCUT2D eigenvalue weighted by Crippen LogP contribution is -2.36. The van der Waals surface area contributed by atoms with Crippen molar-refractivity contribution in [3.8, 4) is 0 Å². The van der Waals surface area contributed by atoms with Gasteiger partial charge in [0.2, 0.25) is 6.41 Å². The van der Waals surface area contributed by atoms with Gasteiger partial charge >= 0.3 is 0 Å². The summed E-state index contributed by atoms with van der Waals surface area (Å²) in [7, 11) is 0. The normalized spacial score (nSPS) is 9.38. The van der Waals surface area contributed by atoms with Gasteiger partial charge in [0, 0.05) is 4.88 Å². The van der Waals surface area contributed by atoms with Crippen LogP contribution in [0.4, 0.5) is 0 Å². The maximum atomic E-state index is 11.2. The fourth-order valence-corrected chi connectivity index (χ4v) is 1.71. The van der Waals surface area contributed by atoms with Crippen molar-refractivity contribution in [1.29, 1.82) is 0 Å². The van der Waals surface area contributed by atoms with E-state index in [1.54, 1.807) is 6.92 Å². The van der Waals surface area contributed by atoms with Crippen molar-refractivity contribution < 1.29 is 9.59 Å². The predicted octanol–water partition coefficient (Wildman–Crippen LogP) is 0.151. The lowest BCUT2D eigenvalue weighted by Gasteiger charge is -1.99. The van der Waals surface area contributed by atoms with Gasteiger partial charge in [-0.15, -0.1) is 11.3 Å². The van der Waals surface area contributed by atoms with Crippen LogP contribution in [-0.2, 0) is 4.79 Å². The van der Waals surface area contributed by atoms with Crippen LogP contribution in [0.3, 0.4) is 0 Å². The highest BCUT2D eigenvalue weighted by atomic mass is 32.1. The van der Waals surface area contributed by atoms with Gasteiger partial charge in [0.05, 0.1) is 5.01 Å². The van der Waals surface area contributed by atoms with Crippen LogP contribution in [0.1, 0.15) is 20.4 Å². The van der Waals surface area contributed by atoms with Crippen LogP contribution in [0.5, 0.6) is 0 Å². The molecule has 13 heavy (non-hydrogen) atoms. The van der Waals surface area contributed by atoms with Gasteiger partial charge in [0.25, 0.3) is 5.91 Å². The van der Waals surface area contributed by atoms with E-state index in [2.05, 4.69) is 15.8 Å². The van der Waals surface area contributed by atoms with Gasteiger partial charge in [0.15, 0.2) is 0 Å². The zero-order chi connectivity index (χ0) is 9.84. The Hall–Kier alpha value is -1.43. The fraction of sp³-hybridized carbons (Fsp3) is 0.286. The van der Waals surface area contributed by atoms with E-state index in [4.69, 9.17) is 0 Å². The molecule has 1 heterocycles. The first-order valence-electron chi connectivity index (χ1n) is 3.58. The average Bonchev–Trinajstić information content (AvgIpc) is 2.41. The first-order valence-corrected chi connectivity index (χ1v) is 4.40. The quantitative estimate of drug-likeness (QED) is 0.537. The Morgan fingerprint density at radius 2 is 2.23 bits per heavy atom. The Morgan fingerprint density at radius 1 is 1.54 bits per heavy atom. The van der Waals surface area contributed by atoms with Gasteiger partial charge in [-0.25, -0.2) is 4.98 Å². The number of aryl methyl sites for hydroxylation is 2. The molecule has 2 N–H and O–H groups in total. The molecule has 5 nitrogen and oxygen atoms in total. The first-order chi connectivity index (χ1) is 6.15. The van der Waals surface area contributed by atoms with Crippen molar-refractivity contribution >= 4 is 23.7 Å². The molecule has 0 spiro atoms. The molecule has 0 aromatic carbocycles. The van der Waals surface area contributed by atoms with E-state index >= 15 is 0 Å². The maximum Gasteiger partial charge on any atom is 0.289 e. The Balaban J connectivity index is 2.76. The van der Waals surface area contributed by atoms with E-state index in [1.165, 1.54) is 11.3 Å². The predicted molar refractivity (Wildman–Crippen MR) is 48.3 cm³/mol. The molecule has 0 radical (unpaired) electrons. The lowest BCUT2D eigenvalue weighted by atomic mass is 10.4. The second-order valence-corrected chi connectivity index (χ2v) is 3.76. The topological polar surface area (TPSA) is 71.1 Å². The molecule has 0 bridgehead atoms. The number of nitrogens with one attached hydrogen (secondary N) is 2. The minimum atomic E-state index is -0.394. The summed E-state index contributed by atoms with van der Waals surface area (Å²) >= 11 is 1.44. The number of hydrogen-bond donors (Lipinski definition) is 2. The van der Waals surface area contributed by atoms with Crippen molar-refractivity contribution in [3.05, 3.63) is 15.6 Å². The molecule has 0 aliphatic rings. The fourth-order valence-electron chi connectivity index (χ4n) is 0.894. The molecule has 0 aliphatic heterocycles. The van der Waals surface area contributed by atoms with Crippen molar-refractivity contribution in [2.75, 3.05) is 0 Å². The average molecular weight is 199 g/mol. The summed E-state index contributed by atoms with van der Waals surface area (Å²) in [5.74, 6) is -0.394. The third kappa shape index (κ3) is 2.25. The van der Waals surface area contributed by atoms with Crippen molar-refractivity contribution in [3.63, 3.8) is 0 Å². The van der Waals surface area contributed by atoms with Gasteiger partial charge in [-0.3, -0.25) is 20.4 Å². The third-order valence-electron chi connectivity index (χ3n) is 1.36. The summed E-state index contributed by atoms with van der Waals surface area (Å²) in [4.78, 5) is 26.0. The molecule has 0 saturated heterocycles. The van der Waals surface area contributed by atoms with Gasteiger partial charge in [-0.2, -0.15) is 0 Å². The summed E-state index contributed by atoms with van der Waals surface area (Å²) < 4.78 is 0. The molecular formula is C7H9N3O2S. The Kier molecular flexibility index (Phi) is 2.97. The minimum absolute atomic E-state index is 0.358. The third-order valence-corrected chi connectivity index (χ3v) is 2.25. The number of amides is 2. The van der Waals surface area contributed by atoms with E-state index in [0.29, 0.717) is 12.1 Å². The highest BCUT2D eigenvalue weighted by molar-refractivity contribution is 7.11. The molecule has 1 rings (SSSR count). The molecule has 70 valence electrons. The minimum Gasteiger partial charge on any atom is -0.277 e. The zero-order valence-electron chi connectivity index (χ0n) is 7.25. The molecule has 6 heteroatoms. The van der Waals surface area contributed by atoms with Crippen molar-refractivity contribution in [1.82, 2.24) is 15.8 Å². The molecule has 0 unspecified atom stereocenters. The highest BCUT2D eigenvalue weighted by Gasteiger charge is 2.12. The van der Waals surface area contributed by atoms with Gasteiger partial charge < -0.3 is 0 Å². The number of hydrazine groups is 1. The summed E-state index contributed by atoms with van der Waals surface area (Å²) in [5, 5.41) is 0.828. The van der Waals surface area contributed by atoms with Crippen LogP contribution in [0.15, 0.2) is 0 Å². The number of hydrogen-bond acceptors (Lipinski definition) is 4. The number of carbonyl (C=O) groups is 2. The van der Waals surface area contributed by atoms with Gasteiger partial charge in [-0.1, -0.05) is 0 Å². The highest BCUT2D eigenvalue weighted by Crippen LogP contribution is 2.15. The summed E-state index contributed by atoms with van der Waals surface area (Å²) in [5.41, 5.74) is 4.62. The van der Waals surface area contributed by atoms with Crippen LogP contribution >= 0.6 is 11.3 Å². The van der Waals surface area contributed by atoms with E-state index in [0.717, 1.165) is 9.88 Å². The Bertz CT molecular complexity index is 334. The molecule has 1 aromatic rings. The number of nitrogens with zero attached hydrogens (tertiary/aromatic N) is 1. The van der Waals surface area contributed by atoms with E-state index < -0.39 is 5.91 Å². The van der Waals surface area contributed by atoms with Crippen LogP contribution in [-0.4, -0.2) is 17.3 Å². The van der Waals surface area contributed by atoms with E-state index in [9.17, 15) is 9.59 Å². The number of aromatic nitrogens is 1. The lowest BCUT2D eigenvalue weighted by molar-refractivity contribution is -0.110. The summed E-state index contributed by atoms with van der Waals surface area (Å²) in [6, 6.07) is 0. The standard InChI is InChI=1S/C7H9N3O2S/c1-4-6(9-5(2)13-4)7(12)10-8-3-11/h3H,1-2H3,(H,8,11)(H,10,12). The SMILES string of the molecule is Cc1nc(C(=O)NNC=O)c(C)s1. The Labute approximate surface area is 79.1 Å².